The molecule has 1 atom stereocenters. The van der Waals surface area contributed by atoms with Gasteiger partial charge in [-0.15, -0.1) is 0 Å². The zero-order valence-corrected chi connectivity index (χ0v) is 19.8. The third-order valence-electron chi connectivity index (χ3n) is 5.57. The molecule has 1 N–H and O–H groups in total. The monoisotopic (exact) mass is 483 g/mol. The van der Waals surface area contributed by atoms with Crippen LogP contribution in [0, 0.1) is 0 Å². The molecule has 6 heteroatoms. The van der Waals surface area contributed by atoms with Crippen LogP contribution >= 0.6 is 23.8 Å². The summed E-state index contributed by atoms with van der Waals surface area (Å²) >= 11 is 11.8. The maximum Gasteiger partial charge on any atom is 0.194 e. The molecular weight excluding hydrogens is 462 g/mol. The number of rotatable bonds is 5. The highest BCUT2D eigenvalue weighted by atomic mass is 35.5. The zero-order valence-electron chi connectivity index (χ0n) is 18.3. The summed E-state index contributed by atoms with van der Waals surface area (Å²) in [6.07, 6.45) is 0. The van der Waals surface area contributed by atoms with Crippen LogP contribution in [0.3, 0.4) is 0 Å². The topological polar surface area (TPSA) is 36.9 Å². The van der Waals surface area contributed by atoms with Gasteiger partial charge in [0.15, 0.2) is 5.11 Å². The number of halogens is 1. The molecule has 1 unspecified atom stereocenters. The first kappa shape index (κ1) is 22.1. The largest absolute Gasteiger partial charge is 0.457 e. The Labute approximate surface area is 209 Å². The van der Waals surface area contributed by atoms with E-state index >= 15 is 0 Å². The Morgan fingerprint density at radius 2 is 1.44 bits per heavy atom. The van der Waals surface area contributed by atoms with E-state index in [-0.39, 0.29) is 5.92 Å². The molecule has 0 fully saturated rings. The second-order valence-corrected chi connectivity index (χ2v) is 8.73. The number of benzene rings is 4. The fraction of sp³-hybridized carbons (Fsp3) is 0.0714. The summed E-state index contributed by atoms with van der Waals surface area (Å²) in [5.41, 5.74) is 4.07. The highest BCUT2D eigenvalue weighted by Crippen LogP contribution is 2.30. The Kier molecular flexibility index (Phi) is 6.56. The molecule has 0 saturated heterocycles. The number of thiocarbonyl (C=S) groups is 1. The predicted octanol–water partition coefficient (Wildman–Crippen LogP) is 7.33. The van der Waals surface area contributed by atoms with Crippen molar-refractivity contribution < 1.29 is 4.74 Å². The Hall–Kier alpha value is -3.67. The van der Waals surface area contributed by atoms with Crippen molar-refractivity contribution in [3.05, 3.63) is 125 Å². The van der Waals surface area contributed by atoms with Crippen LogP contribution < -0.4 is 10.1 Å². The summed E-state index contributed by atoms with van der Waals surface area (Å²) < 4.78 is 5.87. The Morgan fingerprint density at radius 3 is 2.12 bits per heavy atom. The fourth-order valence-corrected chi connectivity index (χ4v) is 4.23. The van der Waals surface area contributed by atoms with Crippen LogP contribution in [-0.2, 0) is 0 Å². The van der Waals surface area contributed by atoms with Gasteiger partial charge in [0.1, 0.15) is 11.5 Å². The minimum absolute atomic E-state index is 0.101. The number of hydrazone groups is 1. The molecule has 0 saturated carbocycles. The van der Waals surface area contributed by atoms with Crippen molar-refractivity contribution in [1.82, 2.24) is 5.01 Å². The van der Waals surface area contributed by atoms with Gasteiger partial charge in [0.25, 0.3) is 0 Å². The maximum atomic E-state index is 6.11. The average Bonchev–Trinajstić information content (AvgIpc) is 3.33. The Balaban J connectivity index is 1.32. The molecule has 0 amide bonds. The number of nitrogens with one attached hydrogen (secondary N) is 1. The van der Waals surface area contributed by atoms with E-state index in [1.54, 1.807) is 0 Å². The molecule has 1 aliphatic heterocycles. The van der Waals surface area contributed by atoms with E-state index in [1.807, 2.05) is 102 Å². The minimum atomic E-state index is 0.101. The molecule has 0 bridgehead atoms. The zero-order chi connectivity index (χ0) is 23.3. The van der Waals surface area contributed by atoms with Crippen molar-refractivity contribution in [2.24, 2.45) is 5.10 Å². The molecule has 1 heterocycles. The van der Waals surface area contributed by atoms with E-state index in [9.17, 15) is 0 Å². The molecular formula is C28H22ClN3OS. The lowest BCUT2D eigenvalue weighted by Gasteiger charge is -2.18. The summed E-state index contributed by atoms with van der Waals surface area (Å²) in [4.78, 5) is 0. The van der Waals surface area contributed by atoms with Crippen LogP contribution in [0.4, 0.5) is 5.69 Å². The molecule has 4 aromatic rings. The second-order valence-electron chi connectivity index (χ2n) is 7.91. The van der Waals surface area contributed by atoms with Crippen molar-refractivity contribution in [1.29, 1.82) is 0 Å². The summed E-state index contributed by atoms with van der Waals surface area (Å²) in [7, 11) is 0. The highest BCUT2D eigenvalue weighted by molar-refractivity contribution is 7.80. The molecule has 1 aliphatic rings. The van der Waals surface area contributed by atoms with E-state index in [2.05, 4.69) is 17.4 Å². The van der Waals surface area contributed by atoms with Gasteiger partial charge in [-0.2, -0.15) is 5.10 Å². The number of anilines is 1. The molecule has 0 aromatic heterocycles. The van der Waals surface area contributed by atoms with Crippen LogP contribution in [0.15, 0.2) is 114 Å². The lowest BCUT2D eigenvalue weighted by molar-refractivity contribution is 0.481. The standard InChI is InChI=1S/C28H22ClN3OS/c29-22-13-11-21(12-14-22)27-26(20-7-3-1-4-8-20)19-32(31-27)28(34)30-23-15-17-25(18-16-23)33-24-9-5-2-6-10-24/h1-18,26H,19H2,(H,30,34). The van der Waals surface area contributed by atoms with Crippen molar-refractivity contribution in [2.75, 3.05) is 11.9 Å². The smallest absolute Gasteiger partial charge is 0.194 e. The first-order valence-corrected chi connectivity index (χ1v) is 11.8. The van der Waals surface area contributed by atoms with E-state index in [1.165, 1.54) is 5.56 Å². The summed E-state index contributed by atoms with van der Waals surface area (Å²) in [6.45, 7) is 0.656. The quantitative estimate of drug-likeness (QED) is 0.301. The summed E-state index contributed by atoms with van der Waals surface area (Å²) in [6, 6.07) is 35.6. The highest BCUT2D eigenvalue weighted by Gasteiger charge is 2.31. The fourth-order valence-electron chi connectivity index (χ4n) is 3.88. The van der Waals surface area contributed by atoms with Crippen LogP contribution in [0.2, 0.25) is 5.02 Å². The maximum absolute atomic E-state index is 6.11. The lowest BCUT2D eigenvalue weighted by atomic mass is 9.91. The van der Waals surface area contributed by atoms with E-state index in [0.717, 1.165) is 28.5 Å². The first-order valence-electron chi connectivity index (χ1n) is 11.0. The van der Waals surface area contributed by atoms with Gasteiger partial charge in [-0.1, -0.05) is 72.3 Å². The van der Waals surface area contributed by atoms with Gasteiger partial charge in [-0.25, -0.2) is 5.01 Å². The average molecular weight is 484 g/mol. The van der Waals surface area contributed by atoms with E-state index in [0.29, 0.717) is 16.7 Å². The van der Waals surface area contributed by atoms with E-state index in [4.69, 9.17) is 33.7 Å². The number of nitrogens with zero attached hydrogens (tertiary/aromatic N) is 2. The van der Waals surface area contributed by atoms with Gasteiger partial charge in [0, 0.05) is 16.6 Å². The first-order chi connectivity index (χ1) is 16.7. The van der Waals surface area contributed by atoms with Gasteiger partial charge in [0.2, 0.25) is 0 Å². The van der Waals surface area contributed by atoms with Crippen molar-refractivity contribution in [3.8, 4) is 11.5 Å². The van der Waals surface area contributed by atoms with Crippen LogP contribution in [0.1, 0.15) is 17.0 Å². The van der Waals surface area contributed by atoms with Crippen molar-refractivity contribution >= 4 is 40.3 Å². The molecule has 4 nitrogen and oxygen atoms in total. The van der Waals surface area contributed by atoms with Gasteiger partial charge >= 0.3 is 0 Å². The molecule has 4 aromatic carbocycles. The molecule has 0 aliphatic carbocycles. The number of para-hydroxylation sites is 1. The number of hydrogen-bond acceptors (Lipinski definition) is 3. The SMILES string of the molecule is S=C(Nc1ccc(Oc2ccccc2)cc1)N1CC(c2ccccc2)C(c2ccc(Cl)cc2)=N1. The Morgan fingerprint density at radius 1 is 0.824 bits per heavy atom. The molecule has 0 radical (unpaired) electrons. The van der Waals surface area contributed by atoms with Gasteiger partial charge in [-0.3, -0.25) is 0 Å². The summed E-state index contributed by atoms with van der Waals surface area (Å²) in [5, 5.41) is 11.3. The molecule has 5 rings (SSSR count). The lowest BCUT2D eigenvalue weighted by Crippen LogP contribution is -2.30. The van der Waals surface area contributed by atoms with Crippen molar-refractivity contribution in [3.63, 3.8) is 0 Å². The van der Waals surface area contributed by atoms with Gasteiger partial charge < -0.3 is 10.1 Å². The molecule has 0 spiro atoms. The number of ether oxygens (including phenoxy) is 1. The van der Waals surface area contributed by atoms with E-state index < -0.39 is 0 Å². The Bertz CT molecular complexity index is 1290. The third-order valence-corrected chi connectivity index (χ3v) is 6.14. The predicted molar refractivity (Wildman–Crippen MR) is 143 cm³/mol. The summed E-state index contributed by atoms with van der Waals surface area (Å²) in [5.74, 6) is 1.66. The van der Waals surface area contributed by atoms with Crippen molar-refractivity contribution in [2.45, 2.75) is 5.92 Å². The van der Waals surface area contributed by atoms with Gasteiger partial charge in [0.05, 0.1) is 12.3 Å². The second kappa shape index (κ2) is 10.1. The van der Waals surface area contributed by atoms with Crippen LogP contribution in [-0.4, -0.2) is 22.4 Å². The molecule has 34 heavy (non-hydrogen) atoms. The van der Waals surface area contributed by atoms with Gasteiger partial charge in [-0.05, 0) is 71.9 Å². The normalized spacial score (nSPS) is 15.0. The van der Waals surface area contributed by atoms with Crippen LogP contribution in [0.5, 0.6) is 11.5 Å². The molecule has 168 valence electrons. The third kappa shape index (κ3) is 5.11. The minimum Gasteiger partial charge on any atom is -0.457 e. The van der Waals surface area contributed by atoms with Crippen LogP contribution in [0.25, 0.3) is 0 Å². The number of hydrogen-bond donors (Lipinski definition) is 1.